The van der Waals surface area contributed by atoms with E-state index < -0.39 is 12.7 Å². The number of hydrogen-bond donors (Lipinski definition) is 1. The molecule has 0 fully saturated rings. The van der Waals surface area contributed by atoms with Gasteiger partial charge < -0.3 is 10.2 Å². The molecule has 1 aliphatic heterocycles. The van der Waals surface area contributed by atoms with Crippen LogP contribution >= 0.6 is 0 Å². The average Bonchev–Trinajstić information content (AvgIpc) is 2.19. The van der Waals surface area contributed by atoms with Crippen molar-refractivity contribution in [2.75, 3.05) is 19.8 Å². The second kappa shape index (κ2) is 4.84. The van der Waals surface area contributed by atoms with Gasteiger partial charge in [-0.1, -0.05) is 12.2 Å². The number of urea groups is 1. The highest BCUT2D eigenvalue weighted by Gasteiger charge is 2.15. The number of amides is 2. The maximum absolute atomic E-state index is 12.1. The van der Waals surface area contributed by atoms with Crippen molar-refractivity contribution in [3.05, 3.63) is 12.2 Å². The van der Waals surface area contributed by atoms with Gasteiger partial charge in [-0.2, -0.15) is 0 Å². The van der Waals surface area contributed by atoms with Crippen LogP contribution in [0.3, 0.4) is 0 Å². The Morgan fingerprint density at radius 3 is 3.00 bits per heavy atom. The van der Waals surface area contributed by atoms with E-state index >= 15 is 0 Å². The third-order valence-electron chi connectivity index (χ3n) is 1.95. The van der Waals surface area contributed by atoms with E-state index in [1.165, 1.54) is 0 Å². The summed E-state index contributed by atoms with van der Waals surface area (Å²) < 4.78 is 12.1. The molecule has 1 aliphatic rings. The molecule has 1 unspecified atom stereocenters. The molecule has 1 heterocycles. The first kappa shape index (κ1) is 10.0. The molecule has 4 heteroatoms. The van der Waals surface area contributed by atoms with E-state index in [1.807, 2.05) is 12.2 Å². The normalized spacial score (nSPS) is 18.5. The Morgan fingerprint density at radius 1 is 1.69 bits per heavy atom. The van der Waals surface area contributed by atoms with Gasteiger partial charge in [-0.15, -0.1) is 0 Å². The number of hydrogen-bond acceptors (Lipinski definition) is 1. The lowest BCUT2D eigenvalue weighted by molar-refractivity contribution is 0.196. The molecule has 74 valence electrons. The highest BCUT2D eigenvalue weighted by molar-refractivity contribution is 5.74. The number of alkyl halides is 1. The summed E-state index contributed by atoms with van der Waals surface area (Å²) in [4.78, 5) is 13.1. The van der Waals surface area contributed by atoms with Crippen LogP contribution in [0.5, 0.6) is 0 Å². The summed E-state index contributed by atoms with van der Waals surface area (Å²) in [6.07, 6.45) is 4.88. The summed E-state index contributed by atoms with van der Waals surface area (Å²) >= 11 is 0. The molecule has 0 spiro atoms. The summed E-state index contributed by atoms with van der Waals surface area (Å²) in [5.41, 5.74) is 0. The highest BCUT2D eigenvalue weighted by atomic mass is 19.1. The zero-order valence-corrected chi connectivity index (χ0v) is 7.79. The van der Waals surface area contributed by atoms with Crippen molar-refractivity contribution in [3.63, 3.8) is 0 Å². The molecule has 0 radical (unpaired) electrons. The Morgan fingerprint density at radius 2 is 2.46 bits per heavy atom. The molecule has 0 aromatic carbocycles. The van der Waals surface area contributed by atoms with Gasteiger partial charge in [0, 0.05) is 13.1 Å². The molecule has 1 N–H and O–H groups in total. The Hall–Kier alpha value is -1.06. The molecule has 1 rings (SSSR count). The van der Waals surface area contributed by atoms with Gasteiger partial charge in [-0.05, 0) is 13.3 Å². The molecule has 13 heavy (non-hydrogen) atoms. The highest BCUT2D eigenvalue weighted by Crippen LogP contribution is 2.01. The lowest BCUT2D eigenvalue weighted by Crippen LogP contribution is -2.45. The van der Waals surface area contributed by atoms with Crippen molar-refractivity contribution >= 4 is 6.03 Å². The Kier molecular flexibility index (Phi) is 3.73. The Labute approximate surface area is 77.6 Å². The molecule has 0 aromatic rings. The first-order valence-electron chi connectivity index (χ1n) is 4.50. The summed E-state index contributed by atoms with van der Waals surface area (Å²) in [7, 11) is 0. The van der Waals surface area contributed by atoms with Gasteiger partial charge in [0.1, 0.15) is 6.67 Å². The molecule has 0 saturated heterocycles. The third kappa shape index (κ3) is 3.05. The fraction of sp³-hybridized carbons (Fsp3) is 0.667. The molecule has 0 aliphatic carbocycles. The van der Waals surface area contributed by atoms with E-state index in [0.717, 1.165) is 13.0 Å². The lowest BCUT2D eigenvalue weighted by Gasteiger charge is -2.24. The molecular weight excluding hydrogens is 171 g/mol. The van der Waals surface area contributed by atoms with E-state index in [-0.39, 0.29) is 6.03 Å². The van der Waals surface area contributed by atoms with Crippen LogP contribution in [0.25, 0.3) is 0 Å². The van der Waals surface area contributed by atoms with Crippen LogP contribution in [-0.4, -0.2) is 36.7 Å². The monoisotopic (exact) mass is 186 g/mol. The fourth-order valence-corrected chi connectivity index (χ4v) is 1.17. The maximum Gasteiger partial charge on any atom is 0.317 e. The number of nitrogens with one attached hydrogen (secondary N) is 1. The lowest BCUT2D eigenvalue weighted by atomic mass is 10.2. The van der Waals surface area contributed by atoms with Gasteiger partial charge >= 0.3 is 6.03 Å². The Bertz CT molecular complexity index is 206. The quantitative estimate of drug-likeness (QED) is 0.648. The molecular formula is C9H15FN2O. The molecule has 0 saturated carbocycles. The largest absolute Gasteiger partial charge is 0.333 e. The second-order valence-corrected chi connectivity index (χ2v) is 3.21. The van der Waals surface area contributed by atoms with Crippen molar-refractivity contribution in [3.8, 4) is 0 Å². The van der Waals surface area contributed by atoms with E-state index in [9.17, 15) is 9.18 Å². The van der Waals surface area contributed by atoms with Gasteiger partial charge in [-0.3, -0.25) is 0 Å². The van der Waals surface area contributed by atoms with Crippen LogP contribution < -0.4 is 5.32 Å². The Balaban J connectivity index is 2.34. The van der Waals surface area contributed by atoms with Crippen molar-refractivity contribution in [1.82, 2.24) is 10.2 Å². The van der Waals surface area contributed by atoms with Crippen LogP contribution in [0.2, 0.25) is 0 Å². The maximum atomic E-state index is 12.1. The zero-order valence-electron chi connectivity index (χ0n) is 7.79. The first-order chi connectivity index (χ1) is 6.24. The summed E-state index contributed by atoms with van der Waals surface area (Å²) in [6, 6.07) is -0.562. The molecule has 3 nitrogen and oxygen atoms in total. The molecule has 0 bridgehead atoms. The number of carbonyl (C=O) groups is 1. The van der Waals surface area contributed by atoms with Crippen molar-refractivity contribution < 1.29 is 9.18 Å². The summed E-state index contributed by atoms with van der Waals surface area (Å²) in [5.74, 6) is 0. The van der Waals surface area contributed by atoms with Crippen molar-refractivity contribution in [1.29, 1.82) is 0 Å². The number of nitrogens with zero attached hydrogens (tertiary/aromatic N) is 1. The predicted octanol–water partition coefficient (Wildman–Crippen LogP) is 1.32. The van der Waals surface area contributed by atoms with Crippen LogP contribution in [-0.2, 0) is 0 Å². The van der Waals surface area contributed by atoms with Crippen LogP contribution in [0.1, 0.15) is 13.3 Å². The minimum absolute atomic E-state index is 0.172. The smallest absolute Gasteiger partial charge is 0.317 e. The molecule has 2 amide bonds. The third-order valence-corrected chi connectivity index (χ3v) is 1.95. The van der Waals surface area contributed by atoms with E-state index in [4.69, 9.17) is 0 Å². The van der Waals surface area contributed by atoms with Crippen LogP contribution in [0.4, 0.5) is 9.18 Å². The summed E-state index contributed by atoms with van der Waals surface area (Å²) in [5, 5.41) is 2.58. The van der Waals surface area contributed by atoms with Crippen molar-refractivity contribution in [2.24, 2.45) is 0 Å². The average molecular weight is 186 g/mol. The molecule has 1 atom stereocenters. The zero-order chi connectivity index (χ0) is 9.68. The second-order valence-electron chi connectivity index (χ2n) is 3.21. The fourth-order valence-electron chi connectivity index (χ4n) is 1.17. The van der Waals surface area contributed by atoms with Crippen molar-refractivity contribution in [2.45, 2.75) is 19.4 Å². The number of carbonyl (C=O) groups excluding carboxylic acids is 1. The van der Waals surface area contributed by atoms with Gasteiger partial charge in [0.15, 0.2) is 0 Å². The van der Waals surface area contributed by atoms with Gasteiger partial charge in [0.2, 0.25) is 0 Å². The topological polar surface area (TPSA) is 32.3 Å². The summed E-state index contributed by atoms with van der Waals surface area (Å²) in [6.45, 7) is 2.49. The SMILES string of the molecule is CC(CF)NC(=O)N1CC=CCC1. The molecule has 0 aromatic heterocycles. The van der Waals surface area contributed by atoms with Gasteiger partial charge in [-0.25, -0.2) is 9.18 Å². The number of halogens is 1. The van der Waals surface area contributed by atoms with E-state index in [2.05, 4.69) is 5.32 Å². The van der Waals surface area contributed by atoms with E-state index in [1.54, 1.807) is 11.8 Å². The minimum Gasteiger partial charge on any atom is -0.333 e. The van der Waals surface area contributed by atoms with E-state index in [0.29, 0.717) is 6.54 Å². The van der Waals surface area contributed by atoms with Crippen LogP contribution in [0, 0.1) is 0 Å². The number of rotatable bonds is 2. The van der Waals surface area contributed by atoms with Gasteiger partial charge in [0.25, 0.3) is 0 Å². The van der Waals surface area contributed by atoms with Gasteiger partial charge in [0.05, 0.1) is 6.04 Å². The first-order valence-corrected chi connectivity index (χ1v) is 4.50. The predicted molar refractivity (Wildman–Crippen MR) is 49.3 cm³/mol. The van der Waals surface area contributed by atoms with Crippen LogP contribution in [0.15, 0.2) is 12.2 Å². The standard InChI is InChI=1S/C9H15FN2O/c1-8(7-10)11-9(13)12-5-3-2-4-6-12/h2-3,8H,4-7H2,1H3,(H,11,13). The minimum atomic E-state index is -0.518.